The number of carbonyl (C=O) groups excluding carboxylic acids is 2. The first kappa shape index (κ1) is 31.7. The van der Waals surface area contributed by atoms with Crippen LogP contribution >= 0.6 is 0 Å². The molecule has 0 aromatic heterocycles. The predicted octanol–water partition coefficient (Wildman–Crippen LogP) is 9.20. The van der Waals surface area contributed by atoms with Crippen molar-refractivity contribution in [2.24, 2.45) is 11.8 Å². The topological polar surface area (TPSA) is 34.1 Å². The van der Waals surface area contributed by atoms with Crippen LogP contribution in [0, 0.1) is 11.8 Å². The molecule has 0 aromatic rings. The van der Waals surface area contributed by atoms with Gasteiger partial charge < -0.3 is 4.79 Å². The molecule has 0 bridgehead atoms. The largest absolute Gasteiger partial charge is 0.300 e. The molecule has 0 aliphatic heterocycles. The summed E-state index contributed by atoms with van der Waals surface area (Å²) in [4.78, 5) is 21.9. The SMILES string of the molecule is CC(=O)CCCC(C)C.CCCCC/C=C\C/C=C\C/C=C\CCCCC(=O)C(C)C. The van der Waals surface area contributed by atoms with E-state index < -0.39 is 0 Å². The first-order valence-electron chi connectivity index (χ1n) is 12.8. The monoisotopic (exact) mass is 432 g/mol. The van der Waals surface area contributed by atoms with Crippen molar-refractivity contribution < 1.29 is 9.59 Å². The molecule has 2 heteroatoms. The molecule has 0 rings (SSSR count). The molecule has 0 saturated carbocycles. The van der Waals surface area contributed by atoms with Crippen molar-refractivity contribution in [1.29, 1.82) is 0 Å². The third-order valence-corrected chi connectivity index (χ3v) is 5.02. The minimum absolute atomic E-state index is 0.196. The predicted molar refractivity (Wildman–Crippen MR) is 138 cm³/mol. The van der Waals surface area contributed by atoms with Crippen LogP contribution in [0.5, 0.6) is 0 Å². The number of ketones is 2. The Balaban J connectivity index is 0. The number of hydrogen-bond donors (Lipinski definition) is 0. The van der Waals surface area contributed by atoms with Gasteiger partial charge in [0.15, 0.2) is 0 Å². The lowest BCUT2D eigenvalue weighted by atomic mass is 10.0. The molecule has 2 nitrogen and oxygen atoms in total. The van der Waals surface area contributed by atoms with Crippen LogP contribution in [0.3, 0.4) is 0 Å². The highest BCUT2D eigenvalue weighted by molar-refractivity contribution is 5.80. The molecule has 0 unspecified atom stereocenters. The van der Waals surface area contributed by atoms with E-state index in [-0.39, 0.29) is 5.92 Å². The first-order valence-corrected chi connectivity index (χ1v) is 12.8. The molecule has 0 heterocycles. The van der Waals surface area contributed by atoms with Gasteiger partial charge in [0.2, 0.25) is 0 Å². The summed E-state index contributed by atoms with van der Waals surface area (Å²) >= 11 is 0. The van der Waals surface area contributed by atoms with Gasteiger partial charge in [-0.3, -0.25) is 4.79 Å². The van der Waals surface area contributed by atoms with Gasteiger partial charge in [-0.2, -0.15) is 0 Å². The zero-order valence-corrected chi connectivity index (χ0v) is 21.6. The molecule has 0 N–H and O–H groups in total. The van der Waals surface area contributed by atoms with Crippen molar-refractivity contribution in [2.45, 2.75) is 125 Å². The van der Waals surface area contributed by atoms with Crippen molar-refractivity contribution in [2.75, 3.05) is 0 Å². The molecule has 31 heavy (non-hydrogen) atoms. The average molecular weight is 433 g/mol. The van der Waals surface area contributed by atoms with E-state index in [0.717, 1.165) is 57.3 Å². The second-order valence-corrected chi connectivity index (χ2v) is 9.24. The molecule has 0 aliphatic carbocycles. The smallest absolute Gasteiger partial charge is 0.135 e. The summed E-state index contributed by atoms with van der Waals surface area (Å²) in [6.45, 7) is 12.2. The Morgan fingerprint density at radius 3 is 1.65 bits per heavy atom. The quantitative estimate of drug-likeness (QED) is 0.160. The van der Waals surface area contributed by atoms with Gasteiger partial charge in [-0.1, -0.05) is 90.3 Å². The Morgan fingerprint density at radius 2 is 1.19 bits per heavy atom. The number of carbonyl (C=O) groups is 2. The lowest BCUT2D eigenvalue weighted by Crippen LogP contribution is -2.05. The van der Waals surface area contributed by atoms with E-state index in [1.807, 2.05) is 13.8 Å². The summed E-state index contributed by atoms with van der Waals surface area (Å²) in [6.07, 6.45) is 27.8. The fourth-order valence-corrected chi connectivity index (χ4v) is 2.90. The van der Waals surface area contributed by atoms with E-state index in [0.29, 0.717) is 11.6 Å². The van der Waals surface area contributed by atoms with Crippen molar-refractivity contribution in [3.05, 3.63) is 36.5 Å². The molecule has 0 saturated heterocycles. The Hall–Kier alpha value is -1.44. The molecule has 0 amide bonds. The van der Waals surface area contributed by atoms with Crippen LogP contribution in [-0.4, -0.2) is 11.6 Å². The molecular formula is C29H52O2. The highest BCUT2D eigenvalue weighted by Gasteiger charge is 2.05. The highest BCUT2D eigenvalue weighted by atomic mass is 16.1. The Labute approximate surface area is 194 Å². The van der Waals surface area contributed by atoms with E-state index in [2.05, 4.69) is 57.2 Å². The van der Waals surface area contributed by atoms with Gasteiger partial charge in [0.05, 0.1) is 0 Å². The van der Waals surface area contributed by atoms with Crippen molar-refractivity contribution >= 4 is 11.6 Å². The molecule has 0 fully saturated rings. The van der Waals surface area contributed by atoms with E-state index >= 15 is 0 Å². The van der Waals surface area contributed by atoms with Crippen molar-refractivity contribution in [1.82, 2.24) is 0 Å². The minimum atomic E-state index is 0.196. The van der Waals surface area contributed by atoms with E-state index in [4.69, 9.17) is 0 Å². The molecule has 0 spiro atoms. The molecule has 0 aliphatic rings. The van der Waals surface area contributed by atoms with Crippen LogP contribution in [-0.2, 0) is 9.59 Å². The number of Topliss-reactive ketones (excluding diaryl/α,β-unsaturated/α-hetero) is 2. The normalized spacial score (nSPS) is 11.7. The maximum Gasteiger partial charge on any atom is 0.135 e. The van der Waals surface area contributed by atoms with Crippen LogP contribution in [0.2, 0.25) is 0 Å². The number of rotatable bonds is 18. The van der Waals surface area contributed by atoms with Gasteiger partial charge in [-0.05, 0) is 64.2 Å². The number of hydrogen-bond acceptors (Lipinski definition) is 2. The minimum Gasteiger partial charge on any atom is -0.300 e. The summed E-state index contributed by atoms with van der Waals surface area (Å²) < 4.78 is 0. The third-order valence-electron chi connectivity index (χ3n) is 5.02. The van der Waals surface area contributed by atoms with Gasteiger partial charge in [0.25, 0.3) is 0 Å². The third kappa shape index (κ3) is 30.8. The summed E-state index contributed by atoms with van der Waals surface area (Å²) in [5.41, 5.74) is 0. The number of allylic oxidation sites excluding steroid dienone is 6. The maximum atomic E-state index is 11.4. The molecule has 0 aromatic carbocycles. The van der Waals surface area contributed by atoms with Crippen LogP contribution in [0.15, 0.2) is 36.5 Å². The summed E-state index contributed by atoms with van der Waals surface area (Å²) in [5, 5.41) is 0. The van der Waals surface area contributed by atoms with Crippen molar-refractivity contribution in [3.8, 4) is 0 Å². The lowest BCUT2D eigenvalue weighted by Gasteiger charge is -2.02. The first-order chi connectivity index (χ1) is 14.8. The molecular weight excluding hydrogens is 380 g/mol. The van der Waals surface area contributed by atoms with Gasteiger partial charge >= 0.3 is 0 Å². The molecule has 180 valence electrons. The van der Waals surface area contributed by atoms with Gasteiger partial charge in [0.1, 0.15) is 11.6 Å². The van der Waals surface area contributed by atoms with Crippen LogP contribution in [0.25, 0.3) is 0 Å². The maximum absolute atomic E-state index is 11.4. The van der Waals surface area contributed by atoms with Crippen LogP contribution < -0.4 is 0 Å². The Bertz CT molecular complexity index is 495. The van der Waals surface area contributed by atoms with Crippen LogP contribution in [0.1, 0.15) is 125 Å². The second kappa shape index (κ2) is 24.8. The van der Waals surface area contributed by atoms with Crippen LogP contribution in [0.4, 0.5) is 0 Å². The second-order valence-electron chi connectivity index (χ2n) is 9.24. The van der Waals surface area contributed by atoms with E-state index in [1.54, 1.807) is 6.92 Å². The lowest BCUT2D eigenvalue weighted by molar-refractivity contribution is -0.122. The van der Waals surface area contributed by atoms with Gasteiger partial charge in [0, 0.05) is 18.8 Å². The Morgan fingerprint density at radius 1 is 0.677 bits per heavy atom. The Kier molecular flexibility index (Phi) is 25.4. The van der Waals surface area contributed by atoms with Crippen molar-refractivity contribution in [3.63, 3.8) is 0 Å². The molecule has 0 radical (unpaired) electrons. The van der Waals surface area contributed by atoms with E-state index in [1.165, 1.54) is 32.1 Å². The van der Waals surface area contributed by atoms with E-state index in [9.17, 15) is 9.59 Å². The fourth-order valence-electron chi connectivity index (χ4n) is 2.90. The summed E-state index contributed by atoms with van der Waals surface area (Å²) in [6, 6.07) is 0. The fraction of sp³-hybridized carbons (Fsp3) is 0.724. The summed E-state index contributed by atoms with van der Waals surface area (Å²) in [5.74, 6) is 1.65. The van der Waals surface area contributed by atoms with Gasteiger partial charge in [-0.25, -0.2) is 0 Å². The standard InChI is InChI=1S/C21H36O.C8H16O/c1-4-5-6-7-8-9-10-11-12-13-14-15-16-17-18-19-21(22)20(2)3;1-7(2)5-4-6-8(3)9/h8-9,11-12,14-15,20H,4-7,10,13,16-19H2,1-3H3;7H,4-6H2,1-3H3/b9-8-,12-11-,15-14-;. The number of unbranched alkanes of at least 4 members (excludes halogenated alkanes) is 5. The zero-order chi connectivity index (χ0) is 23.7. The molecule has 0 atom stereocenters. The highest BCUT2D eigenvalue weighted by Crippen LogP contribution is 2.07. The average Bonchev–Trinajstić information content (AvgIpc) is 2.70. The van der Waals surface area contributed by atoms with Gasteiger partial charge in [-0.15, -0.1) is 0 Å². The zero-order valence-electron chi connectivity index (χ0n) is 21.6. The summed E-state index contributed by atoms with van der Waals surface area (Å²) in [7, 11) is 0.